The molecule has 2 heterocycles. The van der Waals surface area contributed by atoms with Crippen molar-refractivity contribution < 1.29 is 0 Å². The maximum absolute atomic E-state index is 8.61. The molecule has 66 valence electrons. The Bertz CT molecular complexity index is 489. The van der Waals surface area contributed by atoms with E-state index < -0.39 is 0 Å². The van der Waals surface area contributed by atoms with E-state index in [0.717, 1.165) is 4.80 Å². The molecule has 0 aliphatic carbocycles. The summed E-state index contributed by atoms with van der Waals surface area (Å²) in [5.74, 6) is 0.128. The minimum atomic E-state index is -0.0141. The number of nitrogens with zero attached hydrogens (tertiary/aromatic N) is 8. The third-order valence-electron chi connectivity index (χ3n) is 1.39. The smallest absolute Gasteiger partial charge is 0.252 e. The molecule has 0 fully saturated rings. The molecule has 0 unspecified atom stereocenters. The van der Waals surface area contributed by atoms with Crippen molar-refractivity contribution in [2.45, 2.75) is 0 Å². The summed E-state index contributed by atoms with van der Waals surface area (Å²) in [6.45, 7) is 0. The number of imidazole rings is 1. The summed E-state index contributed by atoms with van der Waals surface area (Å²) in [5.41, 5.74) is 0.0413. The molecule has 0 atom stereocenters. The van der Waals surface area contributed by atoms with Gasteiger partial charge in [0.1, 0.15) is 12.1 Å². The van der Waals surface area contributed by atoms with E-state index in [1.54, 1.807) is 12.1 Å². The highest BCUT2D eigenvalue weighted by Gasteiger charge is 2.11. The molecule has 14 heavy (non-hydrogen) atoms. The maximum Gasteiger partial charge on any atom is 0.252 e. The molecule has 0 aromatic carbocycles. The van der Waals surface area contributed by atoms with Gasteiger partial charge in [-0.15, -0.1) is 0 Å². The molecule has 2 aromatic heterocycles. The van der Waals surface area contributed by atoms with Crippen LogP contribution in [0.25, 0.3) is 5.95 Å². The minimum Gasteiger partial charge on any atom is -0.312 e. The summed E-state index contributed by atoms with van der Waals surface area (Å²) in [5, 5.41) is 30.5. The first-order valence-corrected chi connectivity index (χ1v) is 3.37. The van der Waals surface area contributed by atoms with Crippen molar-refractivity contribution in [1.82, 2.24) is 35.6 Å². The number of hydrogen-bond acceptors (Lipinski definition) is 7. The van der Waals surface area contributed by atoms with Gasteiger partial charge < -0.3 is 4.98 Å². The van der Waals surface area contributed by atoms with Crippen molar-refractivity contribution in [3.05, 3.63) is 11.4 Å². The summed E-state index contributed by atoms with van der Waals surface area (Å²) in [7, 11) is 0. The summed E-state index contributed by atoms with van der Waals surface area (Å²) in [6, 6.07) is 3.53. The van der Waals surface area contributed by atoms with Gasteiger partial charge in [-0.1, -0.05) is 4.80 Å². The SMILES string of the molecule is N#Cc1nc(-n2nnnn2)[nH]c1C#N. The second-order valence-electron chi connectivity index (χ2n) is 2.15. The van der Waals surface area contributed by atoms with Crippen LogP contribution in [0.1, 0.15) is 11.4 Å². The van der Waals surface area contributed by atoms with Crippen molar-refractivity contribution in [3.8, 4) is 18.1 Å². The van der Waals surface area contributed by atoms with E-state index >= 15 is 0 Å². The first kappa shape index (κ1) is 7.82. The average Bonchev–Trinajstić information content (AvgIpc) is 2.85. The highest BCUT2D eigenvalue weighted by molar-refractivity contribution is 5.38. The monoisotopic (exact) mass is 187 g/mol. The number of aromatic nitrogens is 7. The first-order valence-electron chi connectivity index (χ1n) is 3.37. The Balaban J connectivity index is 2.55. The lowest BCUT2D eigenvalue weighted by Gasteiger charge is -1.85. The van der Waals surface area contributed by atoms with E-state index in [1.165, 1.54) is 0 Å². The Morgan fingerprint density at radius 1 is 1.14 bits per heavy atom. The van der Waals surface area contributed by atoms with Crippen molar-refractivity contribution >= 4 is 0 Å². The van der Waals surface area contributed by atoms with Gasteiger partial charge in [0.2, 0.25) is 0 Å². The van der Waals surface area contributed by atoms with E-state index in [9.17, 15) is 0 Å². The molecule has 0 aliphatic heterocycles. The molecule has 9 heteroatoms. The van der Waals surface area contributed by atoms with E-state index in [-0.39, 0.29) is 17.3 Å². The molecule has 0 saturated carbocycles. The predicted molar refractivity (Wildman–Crippen MR) is 38.5 cm³/mol. The van der Waals surface area contributed by atoms with Gasteiger partial charge in [0.05, 0.1) is 0 Å². The second-order valence-corrected chi connectivity index (χ2v) is 2.15. The zero-order valence-corrected chi connectivity index (χ0v) is 6.58. The number of rotatable bonds is 1. The van der Waals surface area contributed by atoms with E-state index in [1.807, 2.05) is 0 Å². The molecule has 0 amide bonds. The minimum absolute atomic E-state index is 0.0141. The van der Waals surface area contributed by atoms with Crippen molar-refractivity contribution in [3.63, 3.8) is 0 Å². The molecule has 1 N–H and O–H groups in total. The topological polar surface area (TPSA) is 133 Å². The van der Waals surface area contributed by atoms with Crippen LogP contribution in [0.15, 0.2) is 0 Å². The van der Waals surface area contributed by atoms with Crippen LogP contribution in [0.3, 0.4) is 0 Å². The van der Waals surface area contributed by atoms with E-state index in [4.69, 9.17) is 10.5 Å². The highest BCUT2D eigenvalue weighted by atomic mass is 15.7. The lowest BCUT2D eigenvalue weighted by molar-refractivity contribution is 0.678. The molecular weight excluding hydrogens is 186 g/mol. The molecule has 0 saturated heterocycles. The fraction of sp³-hybridized carbons (Fsp3) is 0. The number of nitriles is 2. The van der Waals surface area contributed by atoms with Gasteiger partial charge in [-0.25, -0.2) is 0 Å². The zero-order valence-electron chi connectivity index (χ0n) is 6.58. The molecule has 0 bridgehead atoms. The van der Waals surface area contributed by atoms with Gasteiger partial charge in [-0.2, -0.15) is 15.5 Å². The summed E-state index contributed by atoms with van der Waals surface area (Å²) in [6.07, 6.45) is 0. The van der Waals surface area contributed by atoms with E-state index in [2.05, 4.69) is 30.8 Å². The normalized spacial score (nSPS) is 9.29. The fourth-order valence-electron chi connectivity index (χ4n) is 0.831. The summed E-state index contributed by atoms with van der Waals surface area (Å²) in [4.78, 5) is 7.28. The lowest BCUT2D eigenvalue weighted by Crippen LogP contribution is -2.01. The van der Waals surface area contributed by atoms with Gasteiger partial charge in [-0.05, 0) is 20.9 Å². The van der Waals surface area contributed by atoms with Crippen LogP contribution in [0, 0.1) is 22.7 Å². The molecule has 0 radical (unpaired) electrons. The van der Waals surface area contributed by atoms with Crippen molar-refractivity contribution in [2.24, 2.45) is 0 Å². The maximum atomic E-state index is 8.61. The summed E-state index contributed by atoms with van der Waals surface area (Å²) < 4.78 is 0. The van der Waals surface area contributed by atoms with Gasteiger partial charge in [-0.3, -0.25) is 0 Å². The quantitative estimate of drug-likeness (QED) is 0.575. The number of nitrogens with one attached hydrogen (secondary N) is 1. The molecule has 0 spiro atoms. The van der Waals surface area contributed by atoms with Crippen LogP contribution in [-0.4, -0.2) is 35.6 Å². The van der Waals surface area contributed by atoms with Crippen LogP contribution >= 0.6 is 0 Å². The van der Waals surface area contributed by atoms with Crippen LogP contribution in [-0.2, 0) is 0 Å². The largest absolute Gasteiger partial charge is 0.312 e. The molecular formula is C5HN9. The molecule has 9 nitrogen and oxygen atoms in total. The van der Waals surface area contributed by atoms with Crippen molar-refractivity contribution in [1.29, 1.82) is 10.5 Å². The van der Waals surface area contributed by atoms with Gasteiger partial charge in [0, 0.05) is 0 Å². The molecule has 2 rings (SSSR count). The van der Waals surface area contributed by atoms with Gasteiger partial charge in [0.15, 0.2) is 11.4 Å². The Morgan fingerprint density at radius 3 is 2.36 bits per heavy atom. The summed E-state index contributed by atoms with van der Waals surface area (Å²) >= 11 is 0. The average molecular weight is 187 g/mol. The van der Waals surface area contributed by atoms with Crippen LogP contribution in [0.2, 0.25) is 0 Å². The Morgan fingerprint density at radius 2 is 1.86 bits per heavy atom. The number of hydrogen-bond donors (Lipinski definition) is 1. The number of H-pyrrole nitrogens is 1. The third-order valence-corrected chi connectivity index (χ3v) is 1.39. The Hall–Kier alpha value is -2.81. The predicted octanol–water partition coefficient (Wildman–Crippen LogP) is -1.48. The molecule has 0 aliphatic rings. The standard InChI is InChI=1S/C5HN9/c6-1-3-4(2-7)9-5(8-3)14-12-10-11-13-14/h(H,8,9). The fourth-order valence-corrected chi connectivity index (χ4v) is 0.831. The van der Waals surface area contributed by atoms with Gasteiger partial charge in [0.25, 0.3) is 5.95 Å². The van der Waals surface area contributed by atoms with Crippen LogP contribution in [0.4, 0.5) is 0 Å². The van der Waals surface area contributed by atoms with Crippen molar-refractivity contribution in [2.75, 3.05) is 0 Å². The Kier molecular flexibility index (Phi) is 1.63. The number of aromatic amines is 1. The molecule has 2 aromatic rings. The Labute approximate surface area is 76.6 Å². The van der Waals surface area contributed by atoms with Gasteiger partial charge >= 0.3 is 0 Å². The van der Waals surface area contributed by atoms with Crippen LogP contribution < -0.4 is 0 Å². The van der Waals surface area contributed by atoms with E-state index in [0.29, 0.717) is 0 Å². The lowest BCUT2D eigenvalue weighted by atomic mass is 10.4. The second kappa shape index (κ2) is 2.91. The zero-order chi connectivity index (χ0) is 9.97. The highest BCUT2D eigenvalue weighted by Crippen LogP contribution is 2.04. The first-order chi connectivity index (χ1) is 6.85. The van der Waals surface area contributed by atoms with Crippen LogP contribution in [0.5, 0.6) is 0 Å². The third kappa shape index (κ3) is 1.05.